The van der Waals surface area contributed by atoms with Crippen molar-refractivity contribution in [2.45, 2.75) is 20.3 Å². The highest BCUT2D eigenvalue weighted by atomic mass is 35.5. The smallest absolute Gasteiger partial charge is 0.309 e. The van der Waals surface area contributed by atoms with E-state index in [-0.39, 0.29) is 13.0 Å². The number of anilines is 1. The number of hydrogen-bond donors (Lipinski definition) is 1. The third-order valence-electron chi connectivity index (χ3n) is 3.63. The van der Waals surface area contributed by atoms with Crippen molar-refractivity contribution >= 4 is 40.8 Å². The molecule has 0 bridgehead atoms. The van der Waals surface area contributed by atoms with Crippen LogP contribution in [0.2, 0.25) is 10.0 Å². The van der Waals surface area contributed by atoms with Crippen LogP contribution in [0, 0.1) is 6.92 Å². The number of amides is 1. The number of para-hydroxylation sites is 2. The number of esters is 1. The predicted molar refractivity (Wildman–Crippen MR) is 109 cm³/mol. The van der Waals surface area contributed by atoms with Gasteiger partial charge in [0.1, 0.15) is 0 Å². The van der Waals surface area contributed by atoms with Crippen LogP contribution < -0.4 is 14.8 Å². The van der Waals surface area contributed by atoms with Crippen LogP contribution in [0.1, 0.15) is 18.9 Å². The van der Waals surface area contributed by atoms with E-state index in [0.29, 0.717) is 33.8 Å². The Kier molecular flexibility index (Phi) is 8.42. The number of hydrogen-bond acceptors (Lipinski definition) is 5. The highest BCUT2D eigenvalue weighted by Gasteiger charge is 2.14. The van der Waals surface area contributed by atoms with E-state index in [1.807, 2.05) is 19.1 Å². The second-order valence-corrected chi connectivity index (χ2v) is 6.53. The molecular formula is C20H21Cl2NO5. The Hall–Kier alpha value is -2.44. The number of benzene rings is 2. The lowest BCUT2D eigenvalue weighted by Crippen LogP contribution is -2.22. The molecule has 2 aromatic carbocycles. The van der Waals surface area contributed by atoms with E-state index in [1.54, 1.807) is 31.2 Å². The molecule has 0 aliphatic rings. The molecule has 0 spiro atoms. The fourth-order valence-corrected chi connectivity index (χ4v) is 2.72. The fourth-order valence-electron chi connectivity index (χ4n) is 2.25. The third kappa shape index (κ3) is 6.32. The van der Waals surface area contributed by atoms with Gasteiger partial charge in [-0.25, -0.2) is 0 Å². The number of carbonyl (C=O) groups is 2. The molecule has 0 saturated heterocycles. The summed E-state index contributed by atoms with van der Waals surface area (Å²) in [6, 6.07) is 10.5. The summed E-state index contributed by atoms with van der Waals surface area (Å²) < 4.78 is 15.9. The van der Waals surface area contributed by atoms with Crippen molar-refractivity contribution in [1.82, 2.24) is 0 Å². The van der Waals surface area contributed by atoms with Crippen molar-refractivity contribution in [2.24, 2.45) is 0 Å². The van der Waals surface area contributed by atoms with E-state index in [0.717, 1.165) is 5.56 Å². The van der Waals surface area contributed by atoms with Gasteiger partial charge in [-0.3, -0.25) is 9.59 Å². The van der Waals surface area contributed by atoms with Gasteiger partial charge < -0.3 is 19.5 Å². The molecule has 1 amide bonds. The lowest BCUT2D eigenvalue weighted by Gasteiger charge is -2.12. The lowest BCUT2D eigenvalue weighted by molar-refractivity contribution is -0.147. The first-order chi connectivity index (χ1) is 13.4. The number of rotatable bonds is 9. The average Bonchev–Trinajstić information content (AvgIpc) is 2.68. The first kappa shape index (κ1) is 21.9. The molecule has 2 aromatic rings. The Morgan fingerprint density at radius 1 is 1.04 bits per heavy atom. The van der Waals surface area contributed by atoms with Crippen LogP contribution in [0.4, 0.5) is 5.69 Å². The van der Waals surface area contributed by atoms with E-state index in [1.165, 1.54) is 0 Å². The molecule has 0 aromatic heterocycles. The van der Waals surface area contributed by atoms with Gasteiger partial charge in [-0.1, -0.05) is 41.4 Å². The van der Waals surface area contributed by atoms with Crippen molar-refractivity contribution in [3.05, 3.63) is 52.0 Å². The molecule has 0 radical (unpaired) electrons. The van der Waals surface area contributed by atoms with Crippen molar-refractivity contribution in [2.75, 3.05) is 25.1 Å². The number of ether oxygens (including phenoxy) is 3. The maximum absolute atomic E-state index is 12.0. The zero-order valence-corrected chi connectivity index (χ0v) is 17.1. The monoisotopic (exact) mass is 425 g/mol. The number of aryl methyl sites for hydroxylation is 1. The molecule has 0 heterocycles. The highest BCUT2D eigenvalue weighted by molar-refractivity contribution is 6.40. The van der Waals surface area contributed by atoms with Crippen LogP contribution in [0.5, 0.6) is 11.5 Å². The molecule has 1 N–H and O–H groups in total. The molecule has 150 valence electrons. The molecule has 8 heteroatoms. The van der Waals surface area contributed by atoms with Crippen LogP contribution in [-0.4, -0.2) is 31.7 Å². The first-order valence-electron chi connectivity index (χ1n) is 8.67. The quantitative estimate of drug-likeness (QED) is 0.591. The van der Waals surface area contributed by atoms with Crippen LogP contribution >= 0.6 is 23.2 Å². The second kappa shape index (κ2) is 10.8. The highest BCUT2D eigenvalue weighted by Crippen LogP contribution is 2.32. The van der Waals surface area contributed by atoms with Crippen molar-refractivity contribution < 1.29 is 23.8 Å². The lowest BCUT2D eigenvalue weighted by atomic mass is 10.2. The molecular weight excluding hydrogens is 405 g/mol. The third-order valence-corrected chi connectivity index (χ3v) is 4.43. The standard InChI is InChI=1S/C20H21Cl2NO5/c1-3-26-15-6-4-5-7-16(15)27-11-10-18(25)28-12-17(24)23-20-14(21)9-8-13(2)19(20)22/h4-9H,3,10-12H2,1-2H3,(H,23,24). The zero-order valence-electron chi connectivity index (χ0n) is 15.6. The van der Waals surface area contributed by atoms with E-state index < -0.39 is 18.5 Å². The van der Waals surface area contributed by atoms with Gasteiger partial charge in [0.05, 0.1) is 35.4 Å². The summed E-state index contributed by atoms with van der Waals surface area (Å²) in [5, 5.41) is 3.19. The van der Waals surface area contributed by atoms with Crippen molar-refractivity contribution in [3.63, 3.8) is 0 Å². The molecule has 0 aliphatic carbocycles. The minimum absolute atomic E-state index is 0.0142. The molecule has 28 heavy (non-hydrogen) atoms. The summed E-state index contributed by atoms with van der Waals surface area (Å²) in [6.45, 7) is 3.82. The van der Waals surface area contributed by atoms with Crippen LogP contribution in [-0.2, 0) is 14.3 Å². The fraction of sp³-hybridized carbons (Fsp3) is 0.300. The van der Waals surface area contributed by atoms with E-state index in [4.69, 9.17) is 37.4 Å². The van der Waals surface area contributed by atoms with Gasteiger partial charge in [-0.15, -0.1) is 0 Å². The average molecular weight is 426 g/mol. The van der Waals surface area contributed by atoms with Crippen molar-refractivity contribution in [1.29, 1.82) is 0 Å². The van der Waals surface area contributed by atoms with Gasteiger partial charge in [-0.2, -0.15) is 0 Å². The second-order valence-electron chi connectivity index (χ2n) is 5.74. The van der Waals surface area contributed by atoms with Gasteiger partial charge in [0.15, 0.2) is 18.1 Å². The van der Waals surface area contributed by atoms with Crippen LogP contribution in [0.3, 0.4) is 0 Å². The molecule has 0 fully saturated rings. The van der Waals surface area contributed by atoms with E-state index >= 15 is 0 Å². The predicted octanol–water partition coefficient (Wildman–Crippen LogP) is 4.65. The maximum Gasteiger partial charge on any atom is 0.309 e. The van der Waals surface area contributed by atoms with Gasteiger partial charge in [0.2, 0.25) is 0 Å². The summed E-state index contributed by atoms with van der Waals surface area (Å²) in [7, 11) is 0. The van der Waals surface area contributed by atoms with Crippen LogP contribution in [0.25, 0.3) is 0 Å². The van der Waals surface area contributed by atoms with E-state index in [9.17, 15) is 9.59 Å². The minimum Gasteiger partial charge on any atom is -0.490 e. The molecule has 2 rings (SSSR count). The largest absolute Gasteiger partial charge is 0.490 e. The Morgan fingerprint density at radius 2 is 1.71 bits per heavy atom. The molecule has 6 nitrogen and oxygen atoms in total. The minimum atomic E-state index is -0.564. The Bertz CT molecular complexity index is 841. The number of nitrogens with one attached hydrogen (secondary N) is 1. The summed E-state index contributed by atoms with van der Waals surface area (Å²) >= 11 is 12.2. The maximum atomic E-state index is 12.0. The Morgan fingerprint density at radius 3 is 2.39 bits per heavy atom. The summed E-state index contributed by atoms with van der Waals surface area (Å²) in [6.07, 6.45) is -0.0142. The van der Waals surface area contributed by atoms with Gasteiger partial charge in [-0.05, 0) is 37.6 Å². The molecule has 0 unspecified atom stereocenters. The summed E-state index contributed by atoms with van der Waals surface area (Å²) in [5.41, 5.74) is 1.06. The van der Waals surface area contributed by atoms with E-state index in [2.05, 4.69) is 5.32 Å². The summed E-state index contributed by atoms with van der Waals surface area (Å²) in [5.74, 6) is 0.0409. The zero-order chi connectivity index (χ0) is 20.5. The number of carbonyl (C=O) groups excluding carboxylic acids is 2. The number of halogens is 2. The van der Waals surface area contributed by atoms with Gasteiger partial charge >= 0.3 is 5.97 Å². The van der Waals surface area contributed by atoms with Gasteiger partial charge in [0.25, 0.3) is 5.91 Å². The van der Waals surface area contributed by atoms with Gasteiger partial charge in [0, 0.05) is 0 Å². The first-order valence-corrected chi connectivity index (χ1v) is 9.42. The normalized spacial score (nSPS) is 10.3. The Balaban J connectivity index is 1.77. The SMILES string of the molecule is CCOc1ccccc1OCCC(=O)OCC(=O)Nc1c(Cl)ccc(C)c1Cl. The summed E-state index contributed by atoms with van der Waals surface area (Å²) in [4.78, 5) is 23.8. The molecule has 0 atom stereocenters. The molecule has 0 saturated carbocycles. The Labute approximate surface area is 173 Å². The molecule has 0 aliphatic heterocycles. The topological polar surface area (TPSA) is 73.9 Å². The van der Waals surface area contributed by atoms with Crippen LogP contribution in [0.15, 0.2) is 36.4 Å². The van der Waals surface area contributed by atoms with Crippen molar-refractivity contribution in [3.8, 4) is 11.5 Å².